The summed E-state index contributed by atoms with van der Waals surface area (Å²) < 4.78 is 6.20. The molecule has 2 aromatic carbocycles. The van der Waals surface area contributed by atoms with Gasteiger partial charge < -0.3 is 9.84 Å². The third-order valence-corrected chi connectivity index (χ3v) is 6.13. The summed E-state index contributed by atoms with van der Waals surface area (Å²) in [5.74, 6) is 1.71. The minimum absolute atomic E-state index is 0.258. The summed E-state index contributed by atoms with van der Waals surface area (Å²) in [5.41, 5.74) is 2.57. The van der Waals surface area contributed by atoms with E-state index in [1.165, 1.54) is 88.2 Å². The van der Waals surface area contributed by atoms with Gasteiger partial charge in [0.15, 0.2) is 11.5 Å². The highest BCUT2D eigenvalue weighted by Gasteiger charge is 2.15. The van der Waals surface area contributed by atoms with E-state index in [0.29, 0.717) is 5.75 Å². The molecule has 0 radical (unpaired) electrons. The van der Waals surface area contributed by atoms with E-state index in [4.69, 9.17) is 4.74 Å². The molecule has 0 aliphatic heterocycles. The van der Waals surface area contributed by atoms with Crippen molar-refractivity contribution in [2.24, 2.45) is 0 Å². The number of hydrogen-bond donors (Lipinski definition) is 1. The normalized spacial score (nSPS) is 11.0. The number of phenols is 1. The van der Waals surface area contributed by atoms with Crippen LogP contribution in [0.1, 0.15) is 108 Å². The molecule has 1 N–H and O–H groups in total. The molecule has 0 fully saturated rings. The van der Waals surface area contributed by atoms with E-state index in [0.717, 1.165) is 25.0 Å². The molecule has 0 aliphatic rings. The van der Waals surface area contributed by atoms with Crippen molar-refractivity contribution < 1.29 is 9.84 Å². The predicted octanol–water partition coefficient (Wildman–Crippen LogP) is 9.38. The van der Waals surface area contributed by atoms with Gasteiger partial charge in [-0.25, -0.2) is 0 Å². The number of benzene rings is 2. The van der Waals surface area contributed by atoms with Crippen LogP contribution >= 0.6 is 0 Å². The first kappa shape index (κ1) is 25.3. The molecular formula is C29H44O2. The Morgan fingerprint density at radius 2 is 1.16 bits per heavy atom. The Hall–Kier alpha value is -1.96. The lowest BCUT2D eigenvalue weighted by Gasteiger charge is -2.17. The molecule has 0 unspecified atom stereocenters. The van der Waals surface area contributed by atoms with Crippen molar-refractivity contribution in [2.45, 2.75) is 110 Å². The van der Waals surface area contributed by atoms with Crippen LogP contribution in [-0.4, -0.2) is 5.11 Å². The van der Waals surface area contributed by atoms with E-state index >= 15 is 0 Å². The highest BCUT2D eigenvalue weighted by Crippen LogP contribution is 2.38. The molecule has 2 rings (SSSR count). The zero-order valence-electron chi connectivity index (χ0n) is 20.0. The van der Waals surface area contributed by atoms with E-state index in [1.807, 2.05) is 36.4 Å². The van der Waals surface area contributed by atoms with Gasteiger partial charge in [0.05, 0.1) is 0 Å². The molecule has 0 heterocycles. The quantitative estimate of drug-likeness (QED) is 0.256. The second kappa shape index (κ2) is 15.8. The van der Waals surface area contributed by atoms with Crippen LogP contribution in [0.5, 0.6) is 17.2 Å². The summed E-state index contributed by atoms with van der Waals surface area (Å²) in [5, 5.41) is 10.6. The van der Waals surface area contributed by atoms with Crippen LogP contribution in [0.3, 0.4) is 0 Å². The summed E-state index contributed by atoms with van der Waals surface area (Å²) in [6, 6.07) is 13.8. The molecule has 0 saturated carbocycles. The number of ether oxygens (including phenoxy) is 1. The molecule has 0 spiro atoms. The summed E-state index contributed by atoms with van der Waals surface area (Å²) in [4.78, 5) is 0. The van der Waals surface area contributed by atoms with Gasteiger partial charge in [0, 0.05) is 5.56 Å². The Bertz CT molecular complexity index is 708. The number of phenolic OH excluding ortho intramolecular Hbond substituents is 1. The summed E-state index contributed by atoms with van der Waals surface area (Å²) in [6.45, 7) is 4.53. The molecule has 172 valence electrons. The number of rotatable bonds is 17. The molecular weight excluding hydrogens is 380 g/mol. The van der Waals surface area contributed by atoms with Crippen LogP contribution in [0.4, 0.5) is 0 Å². The fourth-order valence-electron chi connectivity index (χ4n) is 4.24. The molecule has 0 amide bonds. The number of aryl methyl sites for hydroxylation is 1. The van der Waals surface area contributed by atoms with Gasteiger partial charge in [-0.05, 0) is 49.4 Å². The molecule has 31 heavy (non-hydrogen) atoms. The Balaban J connectivity index is 2.03. The average molecular weight is 425 g/mol. The first-order valence-electron chi connectivity index (χ1n) is 12.8. The Labute approximate surface area is 191 Å². The molecule has 0 atom stereocenters. The van der Waals surface area contributed by atoms with E-state index in [2.05, 4.69) is 19.9 Å². The molecule has 2 aromatic rings. The van der Waals surface area contributed by atoms with Crippen LogP contribution in [0.25, 0.3) is 0 Å². The topological polar surface area (TPSA) is 29.5 Å². The van der Waals surface area contributed by atoms with Gasteiger partial charge >= 0.3 is 0 Å². The minimum Gasteiger partial charge on any atom is -0.504 e. The minimum atomic E-state index is 0.258. The lowest BCUT2D eigenvalue weighted by Crippen LogP contribution is -2.00. The van der Waals surface area contributed by atoms with E-state index in [9.17, 15) is 5.11 Å². The zero-order valence-corrected chi connectivity index (χ0v) is 20.0. The monoisotopic (exact) mass is 424 g/mol. The predicted molar refractivity (Wildman–Crippen MR) is 133 cm³/mol. The van der Waals surface area contributed by atoms with Crippen LogP contribution in [0.15, 0.2) is 42.5 Å². The van der Waals surface area contributed by atoms with Crippen LogP contribution in [0, 0.1) is 0 Å². The molecule has 2 heteroatoms. The summed E-state index contributed by atoms with van der Waals surface area (Å²) in [6.07, 6.45) is 18.9. The fraction of sp³-hybridized carbons (Fsp3) is 0.586. The largest absolute Gasteiger partial charge is 0.504 e. The maximum absolute atomic E-state index is 10.6. The number of para-hydroxylation sites is 1. The van der Waals surface area contributed by atoms with Crippen LogP contribution < -0.4 is 4.74 Å². The van der Waals surface area contributed by atoms with Crippen molar-refractivity contribution in [1.82, 2.24) is 0 Å². The van der Waals surface area contributed by atoms with Crippen molar-refractivity contribution in [2.75, 3.05) is 0 Å². The van der Waals surface area contributed by atoms with Gasteiger partial charge in [0.25, 0.3) is 0 Å². The van der Waals surface area contributed by atoms with E-state index < -0.39 is 0 Å². The second-order valence-electron chi connectivity index (χ2n) is 8.86. The Morgan fingerprint density at radius 3 is 1.77 bits per heavy atom. The maximum Gasteiger partial charge on any atom is 0.172 e. The first-order valence-corrected chi connectivity index (χ1v) is 12.8. The smallest absolute Gasteiger partial charge is 0.172 e. The zero-order chi connectivity index (χ0) is 22.2. The molecule has 2 nitrogen and oxygen atoms in total. The summed E-state index contributed by atoms with van der Waals surface area (Å²) >= 11 is 0. The molecule has 0 aliphatic carbocycles. The SMILES string of the molecule is CCCCCCCCCc1c(CCCCCCCC)ccc(O)c1Oc1ccccc1. The van der Waals surface area contributed by atoms with Crippen LogP contribution in [0.2, 0.25) is 0 Å². The van der Waals surface area contributed by atoms with Crippen molar-refractivity contribution in [3.63, 3.8) is 0 Å². The van der Waals surface area contributed by atoms with Crippen molar-refractivity contribution >= 4 is 0 Å². The van der Waals surface area contributed by atoms with Gasteiger partial charge in [-0.15, -0.1) is 0 Å². The third kappa shape index (κ3) is 9.80. The van der Waals surface area contributed by atoms with Crippen molar-refractivity contribution in [1.29, 1.82) is 0 Å². The lowest BCUT2D eigenvalue weighted by molar-refractivity contribution is 0.405. The van der Waals surface area contributed by atoms with Crippen LogP contribution in [-0.2, 0) is 12.8 Å². The number of hydrogen-bond acceptors (Lipinski definition) is 2. The molecule has 0 saturated heterocycles. The van der Waals surface area contributed by atoms with Gasteiger partial charge in [-0.2, -0.15) is 0 Å². The fourth-order valence-corrected chi connectivity index (χ4v) is 4.24. The average Bonchev–Trinajstić information content (AvgIpc) is 2.79. The van der Waals surface area contributed by atoms with Crippen molar-refractivity contribution in [3.05, 3.63) is 53.6 Å². The van der Waals surface area contributed by atoms with E-state index in [-0.39, 0.29) is 5.75 Å². The standard InChI is InChI=1S/C29H44O2/c1-3-5-7-9-11-13-18-22-27-25(19-15-12-10-8-6-4-2)23-24-28(30)29(27)31-26-20-16-14-17-21-26/h14,16-17,20-21,23-24,30H,3-13,15,18-19,22H2,1-2H3. The van der Waals surface area contributed by atoms with Gasteiger partial charge in [-0.3, -0.25) is 0 Å². The number of aromatic hydroxyl groups is 1. The summed E-state index contributed by atoms with van der Waals surface area (Å²) in [7, 11) is 0. The van der Waals surface area contributed by atoms with Gasteiger partial charge in [0.2, 0.25) is 0 Å². The maximum atomic E-state index is 10.6. The first-order chi connectivity index (χ1) is 15.3. The van der Waals surface area contributed by atoms with E-state index in [1.54, 1.807) is 0 Å². The Kier molecular flexibility index (Phi) is 12.9. The second-order valence-corrected chi connectivity index (χ2v) is 8.86. The highest BCUT2D eigenvalue weighted by molar-refractivity contribution is 5.52. The third-order valence-electron chi connectivity index (χ3n) is 6.13. The highest BCUT2D eigenvalue weighted by atomic mass is 16.5. The molecule has 0 aromatic heterocycles. The molecule has 0 bridgehead atoms. The van der Waals surface area contributed by atoms with Crippen molar-refractivity contribution in [3.8, 4) is 17.2 Å². The lowest BCUT2D eigenvalue weighted by atomic mass is 9.95. The Morgan fingerprint density at radius 1 is 0.613 bits per heavy atom. The van der Waals surface area contributed by atoms with Gasteiger partial charge in [-0.1, -0.05) is 109 Å². The van der Waals surface area contributed by atoms with Gasteiger partial charge in [0.1, 0.15) is 5.75 Å². The number of unbranched alkanes of at least 4 members (excludes halogenated alkanes) is 11.